The van der Waals surface area contributed by atoms with Crippen LogP contribution in [0.25, 0.3) is 0 Å². The molecule has 0 N–H and O–H groups in total. The normalized spacial score (nSPS) is 14.2. The molecule has 0 bridgehead atoms. The van der Waals surface area contributed by atoms with Crippen molar-refractivity contribution >= 4 is 21.6 Å². The molecule has 0 unspecified atom stereocenters. The van der Waals surface area contributed by atoms with E-state index < -0.39 is 15.1 Å². The number of azo groups is 1. The van der Waals surface area contributed by atoms with Crippen molar-refractivity contribution < 1.29 is 28.9 Å². The van der Waals surface area contributed by atoms with Crippen LogP contribution < -0.4 is 9.47 Å². The molecular weight excluding hydrogens is 431 g/mol. The molecular formula is C18H15F5N4O2S. The van der Waals surface area contributed by atoms with Crippen LogP contribution in [0, 0.1) is 0 Å². The molecule has 0 spiro atoms. The second kappa shape index (κ2) is 7.20. The summed E-state index contributed by atoms with van der Waals surface area (Å²) in [5.41, 5.74) is 1.20. The summed E-state index contributed by atoms with van der Waals surface area (Å²) in [7, 11) is -8.23. The summed E-state index contributed by atoms with van der Waals surface area (Å²) in [5.74, 6) is 0.672. The molecule has 1 aromatic heterocycles. The Labute approximate surface area is 168 Å². The molecule has 3 aromatic rings. The van der Waals surface area contributed by atoms with Gasteiger partial charge in [-0.05, 0) is 42.0 Å². The highest BCUT2D eigenvalue weighted by atomic mass is 32.5. The fourth-order valence-electron chi connectivity index (χ4n) is 2.25. The van der Waals surface area contributed by atoms with Gasteiger partial charge >= 0.3 is 10.2 Å². The highest BCUT2D eigenvalue weighted by Gasteiger charge is 2.65. The largest absolute Gasteiger partial charge is 0.490 e. The number of aromatic nitrogens is 2. The van der Waals surface area contributed by atoms with Gasteiger partial charge < -0.3 is 9.47 Å². The Morgan fingerprint density at radius 2 is 1.43 bits per heavy atom. The van der Waals surface area contributed by atoms with Crippen molar-refractivity contribution in [1.29, 1.82) is 0 Å². The highest BCUT2D eigenvalue weighted by Crippen LogP contribution is 3.02. The molecule has 0 aliphatic carbocycles. The molecule has 0 saturated carbocycles. The summed E-state index contributed by atoms with van der Waals surface area (Å²) in [6, 6.07) is 8.88. The zero-order valence-electron chi connectivity index (χ0n) is 15.4. The van der Waals surface area contributed by atoms with E-state index in [9.17, 15) is 19.4 Å². The second-order valence-electron chi connectivity index (χ2n) is 6.01. The van der Waals surface area contributed by atoms with Gasteiger partial charge in [-0.25, -0.2) is 4.98 Å². The number of rotatable bonds is 7. The van der Waals surface area contributed by atoms with Crippen LogP contribution in [-0.4, -0.2) is 17.1 Å². The van der Waals surface area contributed by atoms with Crippen molar-refractivity contribution in [1.82, 2.24) is 9.97 Å². The first-order chi connectivity index (χ1) is 13.9. The van der Waals surface area contributed by atoms with E-state index in [4.69, 9.17) is 9.47 Å². The molecule has 160 valence electrons. The first-order valence-electron chi connectivity index (χ1n) is 8.26. The summed E-state index contributed by atoms with van der Waals surface area (Å²) >= 11 is 0. The van der Waals surface area contributed by atoms with Gasteiger partial charge in [0.05, 0.1) is 24.7 Å². The number of benzene rings is 2. The zero-order chi connectivity index (χ0) is 21.9. The monoisotopic (exact) mass is 446 g/mol. The third kappa shape index (κ3) is 5.63. The summed E-state index contributed by atoms with van der Waals surface area (Å²) in [4.78, 5) is 5.82. The fraction of sp³-hybridized carbons (Fsp3) is 0.111. The minimum absolute atomic E-state index is 0.00358. The van der Waals surface area contributed by atoms with E-state index in [-0.39, 0.29) is 30.3 Å². The first-order valence-corrected chi connectivity index (χ1v) is 10.2. The van der Waals surface area contributed by atoms with E-state index >= 15 is 0 Å². The lowest BCUT2D eigenvalue weighted by molar-refractivity contribution is 0.271. The fourth-order valence-corrected chi connectivity index (χ4v) is 2.90. The van der Waals surface area contributed by atoms with Crippen LogP contribution in [0.1, 0.15) is 5.56 Å². The predicted molar refractivity (Wildman–Crippen MR) is 101 cm³/mol. The minimum Gasteiger partial charge on any atom is -0.490 e. The average molecular weight is 446 g/mol. The molecule has 0 saturated heterocycles. The van der Waals surface area contributed by atoms with Crippen LogP contribution in [0.15, 0.2) is 76.2 Å². The van der Waals surface area contributed by atoms with Crippen molar-refractivity contribution in [2.45, 2.75) is 11.5 Å². The zero-order valence-corrected chi connectivity index (χ0v) is 16.2. The summed E-state index contributed by atoms with van der Waals surface area (Å²) in [5, 5.41) is 7.63. The lowest BCUT2D eigenvalue weighted by Crippen LogP contribution is -2.05. The smallest absolute Gasteiger partial charge is 0.310 e. The lowest BCUT2D eigenvalue weighted by atomic mass is 10.2. The van der Waals surface area contributed by atoms with Gasteiger partial charge in [-0.2, -0.15) is 15.2 Å². The second-order valence-corrected chi connectivity index (χ2v) is 8.42. The Morgan fingerprint density at radius 3 is 1.97 bits per heavy atom. The number of halogens is 5. The Morgan fingerprint density at radius 1 is 0.867 bits per heavy atom. The van der Waals surface area contributed by atoms with Gasteiger partial charge in [0, 0.05) is 0 Å². The third-order valence-electron chi connectivity index (χ3n) is 3.74. The van der Waals surface area contributed by atoms with E-state index in [1.54, 1.807) is 24.3 Å². The SMILES string of the molecule is COc1cncnc1OCc1ccc(N=Nc2ccc(S(F)(F)(F)(F)F)cc2)cc1. The quantitative estimate of drug-likeness (QED) is 0.286. The summed E-state index contributed by atoms with van der Waals surface area (Å²) in [6.45, 7) is 0.195. The van der Waals surface area contributed by atoms with Gasteiger partial charge in [0.15, 0.2) is 5.75 Å². The van der Waals surface area contributed by atoms with Crippen LogP contribution in [0.3, 0.4) is 0 Å². The maximum Gasteiger partial charge on any atom is 0.310 e. The topological polar surface area (TPSA) is 69.0 Å². The van der Waals surface area contributed by atoms with Gasteiger partial charge in [0.2, 0.25) is 0 Å². The van der Waals surface area contributed by atoms with E-state index in [2.05, 4.69) is 20.2 Å². The maximum atomic E-state index is 12.7. The minimum atomic E-state index is -9.69. The summed E-state index contributed by atoms with van der Waals surface area (Å²) in [6.07, 6.45) is 2.79. The molecule has 12 heteroatoms. The van der Waals surface area contributed by atoms with Gasteiger partial charge in [-0.3, -0.25) is 0 Å². The van der Waals surface area contributed by atoms with E-state index in [1.807, 2.05) is 0 Å². The number of hydrogen-bond acceptors (Lipinski definition) is 6. The molecule has 30 heavy (non-hydrogen) atoms. The van der Waals surface area contributed by atoms with Gasteiger partial charge in [-0.1, -0.05) is 31.6 Å². The van der Waals surface area contributed by atoms with Gasteiger partial charge in [0.1, 0.15) is 17.8 Å². The van der Waals surface area contributed by atoms with Crippen LogP contribution in [-0.2, 0) is 6.61 Å². The average Bonchev–Trinajstić information content (AvgIpc) is 2.70. The highest BCUT2D eigenvalue weighted by molar-refractivity contribution is 8.45. The molecule has 3 rings (SSSR count). The summed E-state index contributed by atoms with van der Waals surface area (Å²) < 4.78 is 74.2. The molecule has 0 radical (unpaired) electrons. The van der Waals surface area contributed by atoms with E-state index in [0.29, 0.717) is 11.4 Å². The Kier molecular flexibility index (Phi) is 5.14. The Hall–Kier alpha value is -3.28. The Bertz CT molecular complexity index is 1060. The predicted octanol–water partition coefficient (Wildman–Crippen LogP) is 7.14. The van der Waals surface area contributed by atoms with Crippen molar-refractivity contribution in [2.24, 2.45) is 10.2 Å². The molecule has 0 amide bonds. The molecule has 6 nitrogen and oxygen atoms in total. The molecule has 2 aromatic carbocycles. The first kappa shape index (κ1) is 21.4. The van der Waals surface area contributed by atoms with Crippen LogP contribution in [0.4, 0.5) is 30.8 Å². The lowest BCUT2D eigenvalue weighted by Gasteiger charge is -2.40. The van der Waals surface area contributed by atoms with Crippen LogP contribution in [0.2, 0.25) is 0 Å². The van der Waals surface area contributed by atoms with Crippen LogP contribution >= 0.6 is 10.2 Å². The molecule has 0 aliphatic rings. The standard InChI is InChI=1S/C18H15F5N4O2S/c1-28-17-10-24-12-25-18(17)29-11-13-2-4-14(5-3-13)26-27-15-6-8-16(9-7-15)30(19,20,21,22)23/h2-10,12H,11H2,1H3. The van der Waals surface area contributed by atoms with Crippen molar-refractivity contribution in [3.8, 4) is 11.6 Å². The van der Waals surface area contributed by atoms with E-state index in [1.165, 1.54) is 19.6 Å². The number of hydrogen-bond donors (Lipinski definition) is 0. The van der Waals surface area contributed by atoms with E-state index in [0.717, 1.165) is 17.7 Å². The number of ether oxygens (including phenoxy) is 2. The number of nitrogens with zero attached hydrogens (tertiary/aromatic N) is 4. The third-order valence-corrected chi connectivity index (χ3v) is 4.90. The number of methoxy groups -OCH3 is 1. The van der Waals surface area contributed by atoms with Gasteiger partial charge in [-0.15, -0.1) is 0 Å². The van der Waals surface area contributed by atoms with Crippen LogP contribution in [0.5, 0.6) is 11.6 Å². The van der Waals surface area contributed by atoms with Crippen molar-refractivity contribution in [2.75, 3.05) is 7.11 Å². The van der Waals surface area contributed by atoms with Gasteiger partial charge in [0.25, 0.3) is 5.88 Å². The Balaban J connectivity index is 1.64. The molecule has 0 atom stereocenters. The molecule has 0 aliphatic heterocycles. The van der Waals surface area contributed by atoms with Crippen molar-refractivity contribution in [3.63, 3.8) is 0 Å². The molecule has 0 fully saturated rings. The molecule has 1 heterocycles. The maximum absolute atomic E-state index is 12.7. The van der Waals surface area contributed by atoms with Crippen molar-refractivity contribution in [3.05, 3.63) is 66.6 Å².